The molecule has 1 aromatic carbocycles. The summed E-state index contributed by atoms with van der Waals surface area (Å²) in [6, 6.07) is 6.22. The summed E-state index contributed by atoms with van der Waals surface area (Å²) in [5, 5.41) is 7.58. The highest BCUT2D eigenvalue weighted by atomic mass is 16.5. The molecule has 0 aliphatic carbocycles. The predicted molar refractivity (Wildman–Crippen MR) is 78.5 cm³/mol. The third-order valence-electron chi connectivity index (χ3n) is 4.03. The summed E-state index contributed by atoms with van der Waals surface area (Å²) >= 11 is 0. The SMILES string of the molecule is Cc1cccc(C)c1-c1nc(CC2CCCNC2)no1. The molecule has 1 fully saturated rings. The number of piperidine rings is 1. The normalized spacial score (nSPS) is 19.2. The second-order valence-electron chi connectivity index (χ2n) is 5.70. The van der Waals surface area contributed by atoms with Gasteiger partial charge in [0.2, 0.25) is 0 Å². The van der Waals surface area contributed by atoms with Gasteiger partial charge >= 0.3 is 0 Å². The molecule has 0 bridgehead atoms. The Labute approximate surface area is 119 Å². The fraction of sp³-hybridized carbons (Fsp3) is 0.500. The maximum absolute atomic E-state index is 5.47. The smallest absolute Gasteiger partial charge is 0.258 e. The maximum atomic E-state index is 5.47. The van der Waals surface area contributed by atoms with Crippen molar-refractivity contribution in [3.8, 4) is 11.5 Å². The Bertz CT molecular complexity index is 565. The highest BCUT2D eigenvalue weighted by Crippen LogP contribution is 2.26. The topological polar surface area (TPSA) is 51.0 Å². The first kappa shape index (κ1) is 13.3. The lowest BCUT2D eigenvalue weighted by Gasteiger charge is -2.20. The van der Waals surface area contributed by atoms with Gasteiger partial charge in [-0.15, -0.1) is 0 Å². The van der Waals surface area contributed by atoms with Crippen LogP contribution in [0.5, 0.6) is 0 Å². The minimum atomic E-state index is 0.632. The van der Waals surface area contributed by atoms with Gasteiger partial charge in [-0.05, 0) is 56.8 Å². The number of aryl methyl sites for hydroxylation is 2. The van der Waals surface area contributed by atoms with Crippen molar-refractivity contribution in [1.82, 2.24) is 15.5 Å². The molecular weight excluding hydrogens is 250 g/mol. The molecule has 3 rings (SSSR count). The van der Waals surface area contributed by atoms with Crippen LogP contribution in [0.3, 0.4) is 0 Å². The summed E-state index contributed by atoms with van der Waals surface area (Å²) < 4.78 is 5.47. The van der Waals surface area contributed by atoms with Crippen LogP contribution in [0, 0.1) is 19.8 Å². The second-order valence-corrected chi connectivity index (χ2v) is 5.70. The highest BCUT2D eigenvalue weighted by Gasteiger charge is 2.18. The van der Waals surface area contributed by atoms with E-state index in [2.05, 4.69) is 47.5 Å². The van der Waals surface area contributed by atoms with Crippen molar-refractivity contribution >= 4 is 0 Å². The molecule has 1 aromatic heterocycles. The zero-order valence-corrected chi connectivity index (χ0v) is 12.1. The molecule has 0 amide bonds. The molecule has 20 heavy (non-hydrogen) atoms. The van der Waals surface area contributed by atoms with E-state index >= 15 is 0 Å². The first-order valence-electron chi connectivity index (χ1n) is 7.34. The lowest BCUT2D eigenvalue weighted by Crippen LogP contribution is -2.31. The molecule has 0 spiro atoms. The van der Waals surface area contributed by atoms with Crippen molar-refractivity contribution in [3.05, 3.63) is 35.2 Å². The molecule has 1 saturated heterocycles. The van der Waals surface area contributed by atoms with E-state index in [9.17, 15) is 0 Å². The van der Waals surface area contributed by atoms with E-state index in [0.29, 0.717) is 11.8 Å². The van der Waals surface area contributed by atoms with Crippen molar-refractivity contribution in [2.75, 3.05) is 13.1 Å². The lowest BCUT2D eigenvalue weighted by atomic mass is 9.96. The van der Waals surface area contributed by atoms with E-state index in [1.165, 1.54) is 24.0 Å². The van der Waals surface area contributed by atoms with Crippen molar-refractivity contribution in [2.45, 2.75) is 33.1 Å². The van der Waals surface area contributed by atoms with Gasteiger partial charge in [-0.3, -0.25) is 0 Å². The molecule has 106 valence electrons. The number of hydrogen-bond donors (Lipinski definition) is 1. The third kappa shape index (κ3) is 2.75. The number of nitrogens with zero attached hydrogens (tertiary/aromatic N) is 2. The van der Waals surface area contributed by atoms with Gasteiger partial charge in [-0.2, -0.15) is 4.98 Å². The molecule has 1 aliphatic rings. The van der Waals surface area contributed by atoms with E-state index in [1.807, 2.05) is 0 Å². The van der Waals surface area contributed by atoms with Crippen LogP contribution in [0.15, 0.2) is 22.7 Å². The number of nitrogens with one attached hydrogen (secondary N) is 1. The molecule has 1 unspecified atom stereocenters. The Morgan fingerprint density at radius 2 is 2.10 bits per heavy atom. The van der Waals surface area contributed by atoms with Crippen LogP contribution in [-0.2, 0) is 6.42 Å². The van der Waals surface area contributed by atoms with E-state index in [4.69, 9.17) is 4.52 Å². The fourth-order valence-corrected chi connectivity index (χ4v) is 2.95. The zero-order chi connectivity index (χ0) is 13.9. The molecule has 2 aromatic rings. The van der Waals surface area contributed by atoms with Crippen LogP contribution < -0.4 is 5.32 Å². The Morgan fingerprint density at radius 1 is 1.30 bits per heavy atom. The average Bonchev–Trinajstić information content (AvgIpc) is 2.88. The molecule has 2 heterocycles. The molecule has 1 N–H and O–H groups in total. The van der Waals surface area contributed by atoms with Gasteiger partial charge in [0.1, 0.15) is 0 Å². The monoisotopic (exact) mass is 271 g/mol. The van der Waals surface area contributed by atoms with Crippen LogP contribution in [0.1, 0.15) is 29.8 Å². The summed E-state index contributed by atoms with van der Waals surface area (Å²) in [5.74, 6) is 2.11. The number of benzene rings is 1. The second kappa shape index (κ2) is 5.75. The highest BCUT2D eigenvalue weighted by molar-refractivity contribution is 5.62. The van der Waals surface area contributed by atoms with Gasteiger partial charge in [0.05, 0.1) is 0 Å². The summed E-state index contributed by atoms with van der Waals surface area (Å²) in [4.78, 5) is 4.59. The van der Waals surface area contributed by atoms with Crippen LogP contribution in [-0.4, -0.2) is 23.2 Å². The van der Waals surface area contributed by atoms with Crippen molar-refractivity contribution < 1.29 is 4.52 Å². The molecule has 4 nitrogen and oxygen atoms in total. The van der Waals surface area contributed by atoms with Gasteiger partial charge < -0.3 is 9.84 Å². The van der Waals surface area contributed by atoms with E-state index in [1.54, 1.807) is 0 Å². The van der Waals surface area contributed by atoms with E-state index < -0.39 is 0 Å². The number of rotatable bonds is 3. The van der Waals surface area contributed by atoms with Crippen LogP contribution in [0.4, 0.5) is 0 Å². The van der Waals surface area contributed by atoms with Crippen LogP contribution >= 0.6 is 0 Å². The van der Waals surface area contributed by atoms with Gasteiger partial charge in [-0.1, -0.05) is 23.4 Å². The minimum Gasteiger partial charge on any atom is -0.334 e. The van der Waals surface area contributed by atoms with Crippen molar-refractivity contribution in [1.29, 1.82) is 0 Å². The van der Waals surface area contributed by atoms with Crippen LogP contribution in [0.2, 0.25) is 0 Å². The Balaban J connectivity index is 1.79. The Morgan fingerprint density at radius 3 is 2.80 bits per heavy atom. The first-order valence-corrected chi connectivity index (χ1v) is 7.34. The van der Waals surface area contributed by atoms with E-state index in [0.717, 1.165) is 30.9 Å². The van der Waals surface area contributed by atoms with Gasteiger partial charge in [0, 0.05) is 12.0 Å². The fourth-order valence-electron chi connectivity index (χ4n) is 2.95. The maximum Gasteiger partial charge on any atom is 0.258 e. The molecule has 0 saturated carbocycles. The first-order chi connectivity index (χ1) is 9.74. The average molecular weight is 271 g/mol. The van der Waals surface area contributed by atoms with Gasteiger partial charge in [-0.25, -0.2) is 0 Å². The molecule has 0 radical (unpaired) electrons. The largest absolute Gasteiger partial charge is 0.334 e. The van der Waals surface area contributed by atoms with Gasteiger partial charge in [0.25, 0.3) is 5.89 Å². The third-order valence-corrected chi connectivity index (χ3v) is 4.03. The minimum absolute atomic E-state index is 0.632. The lowest BCUT2D eigenvalue weighted by molar-refractivity contribution is 0.360. The van der Waals surface area contributed by atoms with Gasteiger partial charge in [0.15, 0.2) is 5.82 Å². The summed E-state index contributed by atoms with van der Waals surface area (Å²) in [6.45, 7) is 6.36. The zero-order valence-electron chi connectivity index (χ0n) is 12.1. The van der Waals surface area contributed by atoms with Crippen LogP contribution in [0.25, 0.3) is 11.5 Å². The summed E-state index contributed by atoms with van der Waals surface area (Å²) in [6.07, 6.45) is 3.40. The molecular formula is C16H21N3O. The standard InChI is InChI=1S/C16H21N3O/c1-11-5-3-6-12(2)15(11)16-18-14(19-20-16)9-13-7-4-8-17-10-13/h3,5-6,13,17H,4,7-10H2,1-2H3. The van der Waals surface area contributed by atoms with Crippen molar-refractivity contribution in [3.63, 3.8) is 0 Å². The van der Waals surface area contributed by atoms with E-state index in [-0.39, 0.29) is 0 Å². The van der Waals surface area contributed by atoms with Crippen molar-refractivity contribution in [2.24, 2.45) is 5.92 Å². The summed E-state index contributed by atoms with van der Waals surface area (Å²) in [7, 11) is 0. The Kier molecular flexibility index (Phi) is 3.83. The molecule has 1 atom stereocenters. The molecule has 1 aliphatic heterocycles. The number of hydrogen-bond acceptors (Lipinski definition) is 4. The quantitative estimate of drug-likeness (QED) is 0.932. The number of aromatic nitrogens is 2. The predicted octanol–water partition coefficient (Wildman–Crippen LogP) is 2.90. The Hall–Kier alpha value is -1.68. The summed E-state index contributed by atoms with van der Waals surface area (Å²) in [5.41, 5.74) is 3.44. The molecule has 4 heteroatoms.